The van der Waals surface area contributed by atoms with Crippen LogP contribution in [0.2, 0.25) is 0 Å². The smallest absolute Gasteiger partial charge is 0.194 e. The summed E-state index contributed by atoms with van der Waals surface area (Å²) in [5.74, 6) is 1.02. The number of likely N-dealkylation sites (N-methyl/N-ethyl adjacent to an activating group) is 1. The molecule has 0 radical (unpaired) electrons. The van der Waals surface area contributed by atoms with Crippen LogP contribution in [0.15, 0.2) is 21.8 Å². The third kappa shape index (κ3) is 7.01. The Labute approximate surface area is 150 Å². The van der Waals surface area contributed by atoms with E-state index in [2.05, 4.69) is 39.1 Å². The number of rotatable bonds is 9. The Kier molecular flexibility index (Phi) is 8.71. The van der Waals surface area contributed by atoms with Gasteiger partial charge in [-0.2, -0.15) is 0 Å². The van der Waals surface area contributed by atoms with Gasteiger partial charge in [0.2, 0.25) is 0 Å². The predicted molar refractivity (Wildman–Crippen MR) is 98.7 cm³/mol. The lowest BCUT2D eigenvalue weighted by Crippen LogP contribution is -2.52. The quantitative estimate of drug-likeness (QED) is 0.507. The normalized spacial score (nSPS) is 16.6. The molecule has 0 saturated carbocycles. The molecule has 0 unspecified atom stereocenters. The van der Waals surface area contributed by atoms with Gasteiger partial charge in [0, 0.05) is 65.5 Å². The molecular formula is C17H32N6O2. The highest BCUT2D eigenvalue weighted by Gasteiger charge is 2.20. The first-order chi connectivity index (χ1) is 12.2. The van der Waals surface area contributed by atoms with Crippen molar-refractivity contribution in [2.75, 3.05) is 73.1 Å². The van der Waals surface area contributed by atoms with Gasteiger partial charge in [-0.15, -0.1) is 0 Å². The van der Waals surface area contributed by atoms with Gasteiger partial charge in [-0.25, -0.2) is 0 Å². The number of nitrogens with one attached hydrogen (secondary N) is 1. The summed E-state index contributed by atoms with van der Waals surface area (Å²) in [6.07, 6.45) is 1.63. The first-order valence-electron chi connectivity index (χ1n) is 9.05. The van der Waals surface area contributed by atoms with E-state index in [9.17, 15) is 0 Å². The largest absolute Gasteiger partial charge is 0.383 e. The van der Waals surface area contributed by atoms with Crippen molar-refractivity contribution in [2.45, 2.75) is 13.5 Å². The highest BCUT2D eigenvalue weighted by atomic mass is 16.5. The zero-order chi connectivity index (χ0) is 17.9. The minimum absolute atomic E-state index is 0.758. The van der Waals surface area contributed by atoms with Crippen molar-refractivity contribution in [1.29, 1.82) is 0 Å². The molecule has 8 nitrogen and oxygen atoms in total. The van der Waals surface area contributed by atoms with Crippen molar-refractivity contribution < 1.29 is 9.26 Å². The summed E-state index contributed by atoms with van der Waals surface area (Å²) in [5.41, 5.74) is 0.994. The van der Waals surface area contributed by atoms with Crippen molar-refractivity contribution in [3.8, 4) is 0 Å². The lowest BCUT2D eigenvalue weighted by atomic mass is 10.3. The second kappa shape index (κ2) is 11.1. The van der Waals surface area contributed by atoms with Crippen molar-refractivity contribution in [3.63, 3.8) is 0 Å². The number of guanidine groups is 1. The molecule has 2 heterocycles. The fraction of sp³-hybridized carbons (Fsp3) is 0.765. The summed E-state index contributed by atoms with van der Waals surface area (Å²) in [4.78, 5) is 11.8. The molecule has 1 fully saturated rings. The Hall–Kier alpha value is -1.64. The molecule has 0 spiro atoms. The maximum Gasteiger partial charge on any atom is 0.194 e. The number of nitrogens with zero attached hydrogens (tertiary/aromatic N) is 5. The SMILES string of the molecule is CCNC(=NCCN(C)CCOC)N1CCN(Cc2ccon2)CC1. The van der Waals surface area contributed by atoms with Crippen LogP contribution in [0.25, 0.3) is 0 Å². The Morgan fingerprint density at radius 1 is 1.36 bits per heavy atom. The number of hydrogen-bond acceptors (Lipinski definition) is 6. The summed E-state index contributed by atoms with van der Waals surface area (Å²) in [7, 11) is 3.83. The molecular weight excluding hydrogens is 320 g/mol. The van der Waals surface area contributed by atoms with E-state index in [0.29, 0.717) is 0 Å². The molecule has 0 bridgehead atoms. The molecule has 0 aliphatic carbocycles. The van der Waals surface area contributed by atoms with Gasteiger partial charge in [0.05, 0.1) is 18.8 Å². The van der Waals surface area contributed by atoms with Crippen molar-refractivity contribution in [3.05, 3.63) is 18.0 Å². The van der Waals surface area contributed by atoms with Crippen LogP contribution in [0.3, 0.4) is 0 Å². The van der Waals surface area contributed by atoms with Crippen LogP contribution < -0.4 is 5.32 Å². The Morgan fingerprint density at radius 2 is 2.16 bits per heavy atom. The van der Waals surface area contributed by atoms with Crippen LogP contribution in [-0.4, -0.2) is 98.9 Å². The minimum Gasteiger partial charge on any atom is -0.383 e. The van der Waals surface area contributed by atoms with E-state index >= 15 is 0 Å². The number of methoxy groups -OCH3 is 1. The van der Waals surface area contributed by atoms with E-state index < -0.39 is 0 Å². The highest BCUT2D eigenvalue weighted by molar-refractivity contribution is 5.80. The Bertz CT molecular complexity index is 485. The molecule has 0 atom stereocenters. The van der Waals surface area contributed by atoms with Gasteiger partial charge in [-0.1, -0.05) is 5.16 Å². The van der Waals surface area contributed by atoms with Crippen molar-refractivity contribution in [2.24, 2.45) is 4.99 Å². The molecule has 2 rings (SSSR count). The van der Waals surface area contributed by atoms with Gasteiger partial charge in [-0.05, 0) is 14.0 Å². The van der Waals surface area contributed by atoms with Crippen LogP contribution in [0.5, 0.6) is 0 Å². The molecule has 1 saturated heterocycles. The monoisotopic (exact) mass is 352 g/mol. The van der Waals surface area contributed by atoms with E-state index in [1.54, 1.807) is 13.4 Å². The van der Waals surface area contributed by atoms with Crippen molar-refractivity contribution in [1.82, 2.24) is 25.2 Å². The second-order valence-corrected chi connectivity index (χ2v) is 6.29. The maximum absolute atomic E-state index is 5.11. The molecule has 25 heavy (non-hydrogen) atoms. The summed E-state index contributed by atoms with van der Waals surface area (Å²) in [6.45, 7) is 11.2. The van der Waals surface area contributed by atoms with Crippen LogP contribution in [0.1, 0.15) is 12.6 Å². The number of aliphatic imine (C=N–C) groups is 1. The van der Waals surface area contributed by atoms with Crippen molar-refractivity contribution >= 4 is 5.96 Å². The van der Waals surface area contributed by atoms with Crippen LogP contribution in [0.4, 0.5) is 0 Å². The van der Waals surface area contributed by atoms with E-state index in [1.165, 1.54) is 0 Å². The van der Waals surface area contributed by atoms with Crippen LogP contribution in [0, 0.1) is 0 Å². The molecule has 1 aromatic heterocycles. The maximum atomic E-state index is 5.11. The first-order valence-corrected chi connectivity index (χ1v) is 9.05. The molecule has 1 N–H and O–H groups in total. The third-order valence-electron chi connectivity index (χ3n) is 4.30. The molecule has 1 aromatic rings. The third-order valence-corrected chi connectivity index (χ3v) is 4.30. The molecule has 142 valence electrons. The van der Waals surface area contributed by atoms with E-state index in [1.807, 2.05) is 6.07 Å². The second-order valence-electron chi connectivity index (χ2n) is 6.29. The first kappa shape index (κ1) is 19.7. The van der Waals surface area contributed by atoms with Gasteiger partial charge >= 0.3 is 0 Å². The summed E-state index contributed by atoms with van der Waals surface area (Å²) < 4.78 is 10.0. The predicted octanol–water partition coefficient (Wildman–Crippen LogP) is 0.336. The van der Waals surface area contributed by atoms with Gasteiger partial charge in [-0.3, -0.25) is 9.89 Å². The van der Waals surface area contributed by atoms with Gasteiger partial charge in [0.1, 0.15) is 6.26 Å². The molecule has 1 aliphatic rings. The average molecular weight is 352 g/mol. The summed E-state index contributed by atoms with van der Waals surface area (Å²) in [5, 5.41) is 7.41. The summed E-state index contributed by atoms with van der Waals surface area (Å²) in [6, 6.07) is 1.93. The average Bonchev–Trinajstić information content (AvgIpc) is 3.13. The van der Waals surface area contributed by atoms with Crippen LogP contribution in [-0.2, 0) is 11.3 Å². The lowest BCUT2D eigenvalue weighted by Gasteiger charge is -2.36. The fourth-order valence-corrected chi connectivity index (χ4v) is 2.78. The van der Waals surface area contributed by atoms with E-state index in [4.69, 9.17) is 14.3 Å². The molecule has 0 amide bonds. The number of piperazine rings is 1. The zero-order valence-corrected chi connectivity index (χ0v) is 15.8. The number of aromatic nitrogens is 1. The van der Waals surface area contributed by atoms with E-state index in [-0.39, 0.29) is 0 Å². The standard InChI is InChI=1S/C17H32N6O2/c1-4-18-17(19-6-7-21(2)12-14-24-3)23-10-8-22(9-11-23)15-16-5-13-25-20-16/h5,13H,4,6-12,14-15H2,1-3H3,(H,18,19). The van der Waals surface area contributed by atoms with Gasteiger partial charge < -0.3 is 24.4 Å². The molecule has 0 aromatic carbocycles. The highest BCUT2D eigenvalue weighted by Crippen LogP contribution is 2.07. The number of hydrogen-bond donors (Lipinski definition) is 1. The van der Waals surface area contributed by atoms with E-state index in [0.717, 1.165) is 77.2 Å². The minimum atomic E-state index is 0.758. The Balaban J connectivity index is 1.76. The molecule has 8 heteroatoms. The topological polar surface area (TPSA) is 69.4 Å². The fourth-order valence-electron chi connectivity index (χ4n) is 2.78. The Morgan fingerprint density at radius 3 is 2.80 bits per heavy atom. The summed E-state index contributed by atoms with van der Waals surface area (Å²) >= 11 is 0. The number of ether oxygens (including phenoxy) is 1. The van der Waals surface area contributed by atoms with Gasteiger partial charge in [0.25, 0.3) is 0 Å². The lowest BCUT2D eigenvalue weighted by molar-refractivity contribution is 0.162. The molecule has 1 aliphatic heterocycles. The van der Waals surface area contributed by atoms with Gasteiger partial charge in [0.15, 0.2) is 5.96 Å². The zero-order valence-electron chi connectivity index (χ0n) is 15.8. The van der Waals surface area contributed by atoms with Crippen LogP contribution >= 0.6 is 0 Å².